The molecule has 0 saturated heterocycles. The molecule has 0 unspecified atom stereocenters. The van der Waals surface area contributed by atoms with Crippen molar-refractivity contribution < 1.29 is 4.42 Å². The molecule has 0 amide bonds. The number of aryl methyl sites for hydroxylation is 1. The largest absolute Gasteiger partial charge is 0.468 e. The molecule has 2 nitrogen and oxygen atoms in total. The summed E-state index contributed by atoms with van der Waals surface area (Å²) in [5.74, 6) is 2.94. The SMILES string of the molecule is Cc1occc1SCCCNCC(C)C. The summed E-state index contributed by atoms with van der Waals surface area (Å²) in [5, 5.41) is 3.44. The monoisotopic (exact) mass is 227 g/mol. The Labute approximate surface area is 96.8 Å². The fourth-order valence-electron chi connectivity index (χ4n) is 1.29. The molecule has 0 aliphatic heterocycles. The van der Waals surface area contributed by atoms with Crippen molar-refractivity contribution in [2.45, 2.75) is 32.1 Å². The lowest BCUT2D eigenvalue weighted by Crippen LogP contribution is -2.21. The molecule has 0 fully saturated rings. The molecule has 0 atom stereocenters. The van der Waals surface area contributed by atoms with Gasteiger partial charge in [-0.3, -0.25) is 0 Å². The number of hydrogen-bond acceptors (Lipinski definition) is 3. The molecule has 1 rings (SSSR count). The van der Waals surface area contributed by atoms with Gasteiger partial charge in [0, 0.05) is 4.90 Å². The molecule has 86 valence electrons. The van der Waals surface area contributed by atoms with Crippen LogP contribution in [0.25, 0.3) is 0 Å². The van der Waals surface area contributed by atoms with Crippen molar-refractivity contribution in [2.24, 2.45) is 5.92 Å². The fraction of sp³-hybridized carbons (Fsp3) is 0.667. The van der Waals surface area contributed by atoms with Crippen LogP contribution in [-0.2, 0) is 0 Å². The summed E-state index contributed by atoms with van der Waals surface area (Å²) in [6.45, 7) is 8.71. The van der Waals surface area contributed by atoms with E-state index in [1.165, 1.54) is 11.3 Å². The molecule has 1 aromatic rings. The van der Waals surface area contributed by atoms with Gasteiger partial charge in [0.15, 0.2) is 0 Å². The quantitative estimate of drug-likeness (QED) is 0.571. The second-order valence-electron chi connectivity index (χ2n) is 4.14. The van der Waals surface area contributed by atoms with Gasteiger partial charge in [0.2, 0.25) is 0 Å². The van der Waals surface area contributed by atoms with E-state index < -0.39 is 0 Å². The minimum Gasteiger partial charge on any atom is -0.468 e. The molecule has 0 radical (unpaired) electrons. The van der Waals surface area contributed by atoms with Crippen molar-refractivity contribution in [3.63, 3.8) is 0 Å². The van der Waals surface area contributed by atoms with Crippen LogP contribution in [0, 0.1) is 12.8 Å². The minimum absolute atomic E-state index is 0.744. The predicted octanol–water partition coefficient (Wildman–Crippen LogP) is 3.32. The van der Waals surface area contributed by atoms with E-state index in [4.69, 9.17) is 4.42 Å². The third kappa shape index (κ3) is 5.28. The van der Waals surface area contributed by atoms with Gasteiger partial charge in [0.05, 0.1) is 6.26 Å². The molecule has 0 aromatic carbocycles. The highest BCUT2D eigenvalue weighted by molar-refractivity contribution is 7.99. The smallest absolute Gasteiger partial charge is 0.114 e. The zero-order chi connectivity index (χ0) is 11.1. The Hall–Kier alpha value is -0.410. The maximum absolute atomic E-state index is 5.24. The topological polar surface area (TPSA) is 25.2 Å². The Morgan fingerprint density at radius 1 is 1.47 bits per heavy atom. The summed E-state index contributed by atoms with van der Waals surface area (Å²) in [6.07, 6.45) is 2.97. The minimum atomic E-state index is 0.744. The summed E-state index contributed by atoms with van der Waals surface area (Å²) in [5.41, 5.74) is 0. The highest BCUT2D eigenvalue weighted by Gasteiger charge is 2.00. The van der Waals surface area contributed by atoms with E-state index in [2.05, 4.69) is 19.2 Å². The average molecular weight is 227 g/mol. The van der Waals surface area contributed by atoms with Gasteiger partial charge in [-0.1, -0.05) is 13.8 Å². The number of thioether (sulfide) groups is 1. The molecule has 3 heteroatoms. The van der Waals surface area contributed by atoms with Crippen molar-refractivity contribution in [3.05, 3.63) is 18.1 Å². The summed E-state index contributed by atoms with van der Waals surface area (Å²) in [7, 11) is 0. The molecule has 15 heavy (non-hydrogen) atoms. The summed E-state index contributed by atoms with van der Waals surface area (Å²) in [6, 6.07) is 2.04. The van der Waals surface area contributed by atoms with Crippen molar-refractivity contribution in [1.29, 1.82) is 0 Å². The molecule has 1 N–H and O–H groups in total. The van der Waals surface area contributed by atoms with Crippen LogP contribution in [0.1, 0.15) is 26.0 Å². The van der Waals surface area contributed by atoms with Gasteiger partial charge in [0.1, 0.15) is 5.76 Å². The van der Waals surface area contributed by atoms with Gasteiger partial charge >= 0.3 is 0 Å². The van der Waals surface area contributed by atoms with Crippen LogP contribution in [0.4, 0.5) is 0 Å². The molecule has 0 aliphatic carbocycles. The van der Waals surface area contributed by atoms with Crippen LogP contribution in [0.15, 0.2) is 21.6 Å². The fourth-order valence-corrected chi connectivity index (χ4v) is 2.20. The van der Waals surface area contributed by atoms with Crippen molar-refractivity contribution in [2.75, 3.05) is 18.8 Å². The Kier molecular flexibility index (Phi) is 5.88. The van der Waals surface area contributed by atoms with E-state index in [-0.39, 0.29) is 0 Å². The van der Waals surface area contributed by atoms with E-state index in [0.717, 1.165) is 30.5 Å². The van der Waals surface area contributed by atoms with Crippen LogP contribution < -0.4 is 5.32 Å². The van der Waals surface area contributed by atoms with E-state index in [1.807, 2.05) is 24.8 Å². The van der Waals surface area contributed by atoms with E-state index in [1.54, 1.807) is 6.26 Å². The first-order valence-corrected chi connectivity index (χ1v) is 6.56. The highest BCUT2D eigenvalue weighted by atomic mass is 32.2. The Morgan fingerprint density at radius 3 is 2.87 bits per heavy atom. The maximum atomic E-state index is 5.24. The van der Waals surface area contributed by atoms with Crippen LogP contribution >= 0.6 is 11.8 Å². The Morgan fingerprint density at radius 2 is 2.27 bits per heavy atom. The zero-order valence-electron chi connectivity index (χ0n) is 9.88. The number of nitrogens with one attached hydrogen (secondary N) is 1. The maximum Gasteiger partial charge on any atom is 0.114 e. The lowest BCUT2D eigenvalue weighted by atomic mass is 10.2. The third-order valence-electron chi connectivity index (χ3n) is 2.12. The zero-order valence-corrected chi connectivity index (χ0v) is 10.7. The summed E-state index contributed by atoms with van der Waals surface area (Å²) in [4.78, 5) is 1.28. The second-order valence-corrected chi connectivity index (χ2v) is 5.28. The summed E-state index contributed by atoms with van der Waals surface area (Å²) >= 11 is 1.88. The van der Waals surface area contributed by atoms with Gasteiger partial charge in [-0.05, 0) is 44.2 Å². The van der Waals surface area contributed by atoms with Gasteiger partial charge in [0.25, 0.3) is 0 Å². The molecule has 0 bridgehead atoms. The van der Waals surface area contributed by atoms with E-state index >= 15 is 0 Å². The number of hydrogen-bond donors (Lipinski definition) is 1. The first-order valence-electron chi connectivity index (χ1n) is 5.57. The van der Waals surface area contributed by atoms with Crippen molar-refractivity contribution in [3.8, 4) is 0 Å². The lowest BCUT2D eigenvalue weighted by Gasteiger charge is -2.06. The molecule has 1 aromatic heterocycles. The number of furan rings is 1. The van der Waals surface area contributed by atoms with Gasteiger partial charge < -0.3 is 9.73 Å². The van der Waals surface area contributed by atoms with E-state index in [9.17, 15) is 0 Å². The molecular weight excluding hydrogens is 206 g/mol. The average Bonchev–Trinajstić information content (AvgIpc) is 2.57. The van der Waals surface area contributed by atoms with Crippen LogP contribution in [0.2, 0.25) is 0 Å². The molecular formula is C12H21NOS. The van der Waals surface area contributed by atoms with Gasteiger partial charge in [-0.2, -0.15) is 0 Å². The number of rotatable bonds is 7. The van der Waals surface area contributed by atoms with Crippen LogP contribution in [0.3, 0.4) is 0 Å². The third-order valence-corrected chi connectivity index (χ3v) is 3.35. The van der Waals surface area contributed by atoms with Gasteiger partial charge in [-0.25, -0.2) is 0 Å². The second kappa shape index (κ2) is 6.96. The van der Waals surface area contributed by atoms with Crippen LogP contribution in [-0.4, -0.2) is 18.8 Å². The Balaban J connectivity index is 2.00. The molecule has 1 heterocycles. The first kappa shape index (κ1) is 12.7. The molecule has 0 aliphatic rings. The van der Waals surface area contributed by atoms with Crippen LogP contribution in [0.5, 0.6) is 0 Å². The normalized spacial score (nSPS) is 11.2. The first-order chi connectivity index (χ1) is 7.20. The van der Waals surface area contributed by atoms with Crippen molar-refractivity contribution in [1.82, 2.24) is 5.32 Å². The molecule has 0 saturated carbocycles. The van der Waals surface area contributed by atoms with E-state index in [0.29, 0.717) is 0 Å². The lowest BCUT2D eigenvalue weighted by molar-refractivity contribution is 0.527. The predicted molar refractivity (Wildman–Crippen MR) is 66.5 cm³/mol. The standard InChI is InChI=1S/C12H21NOS/c1-10(2)9-13-6-4-8-15-12-5-7-14-11(12)3/h5,7,10,13H,4,6,8-9H2,1-3H3. The highest BCUT2D eigenvalue weighted by Crippen LogP contribution is 2.23. The van der Waals surface area contributed by atoms with Crippen molar-refractivity contribution >= 4 is 11.8 Å². The summed E-state index contributed by atoms with van der Waals surface area (Å²) < 4.78 is 5.24. The Bertz CT molecular complexity index is 270. The van der Waals surface area contributed by atoms with Gasteiger partial charge in [-0.15, -0.1) is 11.8 Å². The molecule has 0 spiro atoms.